The number of hydrogen-bond acceptors (Lipinski definition) is 6. The summed E-state index contributed by atoms with van der Waals surface area (Å²) in [7, 11) is 0. The van der Waals surface area contributed by atoms with Crippen molar-refractivity contribution in [3.63, 3.8) is 0 Å². The van der Waals surface area contributed by atoms with E-state index in [1.165, 1.54) is 41.3 Å². The van der Waals surface area contributed by atoms with E-state index < -0.39 is 48.1 Å². The lowest BCUT2D eigenvalue weighted by Crippen LogP contribution is -2.52. The Labute approximate surface area is 224 Å². The fraction of sp³-hybridized carbons (Fsp3) is 0.462. The van der Waals surface area contributed by atoms with Crippen molar-refractivity contribution in [1.29, 1.82) is 0 Å². The monoisotopic (exact) mass is 560 g/mol. The zero-order valence-corrected chi connectivity index (χ0v) is 22.5. The van der Waals surface area contributed by atoms with Gasteiger partial charge in [0.1, 0.15) is 17.1 Å². The number of ether oxygens (including phenoxy) is 3. The normalized spacial score (nSPS) is 17.7. The Kier molecular flexibility index (Phi) is 9.90. The summed E-state index contributed by atoms with van der Waals surface area (Å²) in [6.07, 6.45) is -7.97. The Morgan fingerprint density at radius 3 is 2.16 bits per heavy atom. The van der Waals surface area contributed by atoms with E-state index in [4.69, 9.17) is 36.7 Å². The molecule has 1 aliphatic heterocycles. The van der Waals surface area contributed by atoms with Gasteiger partial charge in [0.05, 0.1) is 18.2 Å². The van der Waals surface area contributed by atoms with Gasteiger partial charge in [-0.05, 0) is 83.1 Å². The fourth-order valence-electron chi connectivity index (χ4n) is 3.54. The molecule has 2 aromatic carbocycles. The van der Waals surface area contributed by atoms with Crippen LogP contribution in [0.2, 0.25) is 5.02 Å². The molecular formula is C26H32ClF3N2O6. The summed E-state index contributed by atoms with van der Waals surface area (Å²) in [6.45, 7) is 8.23. The van der Waals surface area contributed by atoms with Crippen molar-refractivity contribution in [2.24, 2.45) is 0 Å². The molecule has 2 atom stereocenters. The molecule has 38 heavy (non-hydrogen) atoms. The van der Waals surface area contributed by atoms with Crippen LogP contribution in [-0.4, -0.2) is 58.3 Å². The second-order valence-electron chi connectivity index (χ2n) is 10.0. The Morgan fingerprint density at radius 1 is 1.13 bits per heavy atom. The number of nitrogens with two attached hydrogens (primary N) is 1. The van der Waals surface area contributed by atoms with Gasteiger partial charge < -0.3 is 25.1 Å². The third kappa shape index (κ3) is 9.29. The predicted molar refractivity (Wildman–Crippen MR) is 136 cm³/mol. The average Bonchev–Trinajstić information content (AvgIpc) is 3.07. The van der Waals surface area contributed by atoms with Crippen LogP contribution in [-0.2, 0) is 9.47 Å². The maximum Gasteiger partial charge on any atom is 0.425 e. The number of alkyl halides is 3. The maximum absolute atomic E-state index is 13.6. The van der Waals surface area contributed by atoms with Crippen LogP contribution in [0, 0.1) is 0 Å². The number of anilines is 1. The van der Waals surface area contributed by atoms with E-state index in [0.717, 1.165) is 0 Å². The number of rotatable bonds is 5. The number of amides is 1. The van der Waals surface area contributed by atoms with Crippen molar-refractivity contribution >= 4 is 29.4 Å². The van der Waals surface area contributed by atoms with Gasteiger partial charge >= 0.3 is 18.2 Å². The molecule has 0 radical (unpaired) electrons. The number of carbonyl (C=O) groups is 2. The highest BCUT2D eigenvalue weighted by Gasteiger charge is 2.51. The van der Waals surface area contributed by atoms with Crippen molar-refractivity contribution in [2.45, 2.75) is 70.7 Å². The van der Waals surface area contributed by atoms with Gasteiger partial charge in [0.15, 0.2) is 6.10 Å². The highest BCUT2D eigenvalue weighted by atomic mass is 35.5. The molecule has 1 heterocycles. The first-order valence-corrected chi connectivity index (χ1v) is 12.0. The van der Waals surface area contributed by atoms with E-state index in [0.29, 0.717) is 10.7 Å². The van der Waals surface area contributed by atoms with Crippen LogP contribution < -0.4 is 10.5 Å². The minimum atomic E-state index is -4.63. The molecule has 210 valence electrons. The maximum atomic E-state index is 13.6. The van der Waals surface area contributed by atoms with Crippen molar-refractivity contribution in [2.75, 3.05) is 12.3 Å². The van der Waals surface area contributed by atoms with Crippen LogP contribution in [0.5, 0.6) is 5.75 Å². The van der Waals surface area contributed by atoms with Crippen LogP contribution in [0.3, 0.4) is 0 Å². The zero-order valence-electron chi connectivity index (χ0n) is 21.7. The number of halogens is 4. The molecule has 12 heteroatoms. The largest absolute Gasteiger partial charge is 0.481 e. The summed E-state index contributed by atoms with van der Waals surface area (Å²) in [5.41, 5.74) is 4.34. The van der Waals surface area contributed by atoms with E-state index in [1.807, 2.05) is 0 Å². The third-order valence-electron chi connectivity index (χ3n) is 5.27. The molecule has 0 spiro atoms. The fourth-order valence-corrected chi connectivity index (χ4v) is 3.66. The van der Waals surface area contributed by atoms with Crippen LogP contribution in [0.1, 0.15) is 51.4 Å². The minimum absolute atomic E-state index is 0.0403. The summed E-state index contributed by atoms with van der Waals surface area (Å²) in [5, 5.41) is 8.98. The van der Waals surface area contributed by atoms with Gasteiger partial charge in [0.25, 0.3) is 0 Å². The van der Waals surface area contributed by atoms with E-state index in [1.54, 1.807) is 46.8 Å². The van der Waals surface area contributed by atoms with Gasteiger partial charge in [0.2, 0.25) is 0 Å². The molecule has 0 aliphatic carbocycles. The van der Waals surface area contributed by atoms with E-state index >= 15 is 0 Å². The van der Waals surface area contributed by atoms with Crippen LogP contribution >= 0.6 is 11.6 Å². The van der Waals surface area contributed by atoms with Gasteiger partial charge in [0, 0.05) is 17.1 Å². The van der Waals surface area contributed by atoms with E-state index in [-0.39, 0.29) is 17.9 Å². The lowest BCUT2D eigenvalue weighted by molar-refractivity contribution is -0.199. The Morgan fingerprint density at radius 2 is 1.68 bits per heavy atom. The summed E-state index contributed by atoms with van der Waals surface area (Å²) in [6, 6.07) is 10.8. The Hall–Kier alpha value is -3.18. The Balaban J connectivity index is 0.000000423. The number of hydrogen-bond donors (Lipinski definition) is 2. The van der Waals surface area contributed by atoms with Gasteiger partial charge in [-0.3, -0.25) is 4.90 Å². The second kappa shape index (κ2) is 12.1. The van der Waals surface area contributed by atoms with Crippen LogP contribution in [0.15, 0.2) is 48.5 Å². The summed E-state index contributed by atoms with van der Waals surface area (Å²) in [5.74, 6) is -0.893. The summed E-state index contributed by atoms with van der Waals surface area (Å²) >= 11 is 5.52. The van der Waals surface area contributed by atoms with E-state index in [9.17, 15) is 22.8 Å². The topological polar surface area (TPSA) is 111 Å². The standard InChI is InChI=1S/C19H27F3N2O4.C7H5ClO2/c1-17(2,3)28-16(25)24-13(11-26-18(24,4)5)10-15(19(20,21)22)27-14-8-6-12(23)7-9-14;8-6-3-1-5(2-4-6)7(9)10/h6-9,13,15H,10-11,23H2,1-5H3;1-4H,(H,9,10)/t13-,15+;/m0./s1. The van der Waals surface area contributed by atoms with Crippen LogP contribution in [0.25, 0.3) is 0 Å². The zero-order chi connectivity index (χ0) is 28.9. The number of carboxylic acids is 1. The summed E-state index contributed by atoms with van der Waals surface area (Å²) in [4.78, 5) is 24.1. The molecule has 0 bridgehead atoms. The van der Waals surface area contributed by atoms with Crippen molar-refractivity contribution in [3.8, 4) is 5.75 Å². The summed E-state index contributed by atoms with van der Waals surface area (Å²) < 4.78 is 56.9. The highest BCUT2D eigenvalue weighted by Crippen LogP contribution is 2.35. The highest BCUT2D eigenvalue weighted by molar-refractivity contribution is 6.30. The number of carbonyl (C=O) groups excluding carboxylic acids is 1. The lowest BCUT2D eigenvalue weighted by atomic mass is 10.1. The number of aromatic carboxylic acids is 1. The van der Waals surface area contributed by atoms with Crippen molar-refractivity contribution in [1.82, 2.24) is 4.90 Å². The van der Waals surface area contributed by atoms with Gasteiger partial charge in [-0.15, -0.1) is 0 Å². The molecular weight excluding hydrogens is 529 g/mol. The average molecular weight is 561 g/mol. The molecule has 3 N–H and O–H groups in total. The number of nitrogen functional groups attached to an aromatic ring is 1. The number of nitrogens with zero attached hydrogens (tertiary/aromatic N) is 1. The molecule has 8 nitrogen and oxygen atoms in total. The van der Waals surface area contributed by atoms with Crippen LogP contribution in [0.4, 0.5) is 23.7 Å². The van der Waals surface area contributed by atoms with Crippen molar-refractivity contribution < 1.29 is 42.1 Å². The first-order valence-electron chi connectivity index (χ1n) is 11.6. The predicted octanol–water partition coefficient (Wildman–Crippen LogP) is 6.38. The Bertz CT molecular complexity index is 1090. The van der Waals surface area contributed by atoms with Gasteiger partial charge in [-0.25, -0.2) is 9.59 Å². The lowest BCUT2D eigenvalue weighted by Gasteiger charge is -2.36. The first-order chi connectivity index (χ1) is 17.4. The SMILES string of the molecule is CC(C)(C)OC(=O)N1[C@@H](C[C@@H](Oc2ccc(N)cc2)C(F)(F)F)COC1(C)C.O=C(O)c1ccc(Cl)cc1. The molecule has 0 unspecified atom stereocenters. The minimum Gasteiger partial charge on any atom is -0.481 e. The number of carboxylic acid groups (broad SMARTS) is 1. The smallest absolute Gasteiger partial charge is 0.425 e. The third-order valence-corrected chi connectivity index (χ3v) is 5.52. The molecule has 2 aromatic rings. The molecule has 1 aliphatic rings. The van der Waals surface area contributed by atoms with E-state index in [2.05, 4.69) is 0 Å². The second-order valence-corrected chi connectivity index (χ2v) is 10.5. The molecule has 0 aromatic heterocycles. The van der Waals surface area contributed by atoms with Gasteiger partial charge in [-0.2, -0.15) is 13.2 Å². The molecule has 1 saturated heterocycles. The molecule has 1 fully saturated rings. The van der Waals surface area contributed by atoms with Gasteiger partial charge in [-0.1, -0.05) is 11.6 Å². The molecule has 0 saturated carbocycles. The number of benzene rings is 2. The first kappa shape index (κ1) is 31.0. The van der Waals surface area contributed by atoms with Crippen molar-refractivity contribution in [3.05, 3.63) is 59.1 Å². The molecule has 1 amide bonds. The quantitative estimate of drug-likeness (QED) is 0.408. The molecule has 3 rings (SSSR count).